The molecule has 24 heavy (non-hydrogen) atoms. The van der Waals surface area contributed by atoms with Crippen LogP contribution < -0.4 is 5.32 Å². The summed E-state index contributed by atoms with van der Waals surface area (Å²) in [6.45, 7) is 3.50. The van der Waals surface area contributed by atoms with Crippen molar-refractivity contribution >= 4 is 29.0 Å². The Hall–Kier alpha value is -2.00. The van der Waals surface area contributed by atoms with E-state index in [4.69, 9.17) is 16.3 Å². The van der Waals surface area contributed by atoms with Crippen LogP contribution in [-0.4, -0.2) is 32.9 Å². The average Bonchev–Trinajstić information content (AvgIpc) is 2.75. The van der Waals surface area contributed by atoms with Crippen LogP contribution in [0.15, 0.2) is 12.3 Å². The lowest BCUT2D eigenvalue weighted by Crippen LogP contribution is -2.28. The molecule has 2 aromatic rings. The predicted molar refractivity (Wildman–Crippen MR) is 83.4 cm³/mol. The van der Waals surface area contributed by atoms with Crippen LogP contribution in [0.3, 0.4) is 0 Å². The second kappa shape index (κ2) is 6.86. The Bertz CT molecular complexity index is 745. The summed E-state index contributed by atoms with van der Waals surface area (Å²) in [6.07, 6.45) is -0.540. The van der Waals surface area contributed by atoms with Crippen molar-refractivity contribution in [3.8, 4) is 0 Å². The third kappa shape index (κ3) is 4.51. The van der Waals surface area contributed by atoms with Gasteiger partial charge in [0.1, 0.15) is 11.7 Å². The molecule has 0 saturated carbocycles. The highest BCUT2D eigenvalue weighted by molar-refractivity contribution is 6.29. The second-order valence-corrected chi connectivity index (χ2v) is 6.35. The summed E-state index contributed by atoms with van der Waals surface area (Å²) in [5.41, 5.74) is -0.0980. The van der Waals surface area contributed by atoms with Crippen molar-refractivity contribution in [1.29, 1.82) is 0 Å². The van der Waals surface area contributed by atoms with Crippen LogP contribution in [0, 0.1) is 0 Å². The highest BCUT2D eigenvalue weighted by Crippen LogP contribution is 2.28. The number of anilines is 1. The van der Waals surface area contributed by atoms with E-state index in [0.717, 1.165) is 0 Å². The van der Waals surface area contributed by atoms with Crippen LogP contribution in [0.4, 0.5) is 19.3 Å². The average molecular weight is 363 g/mol. The van der Waals surface area contributed by atoms with Crippen molar-refractivity contribution in [3.05, 3.63) is 23.1 Å². The van der Waals surface area contributed by atoms with Crippen LogP contribution >= 0.6 is 11.6 Å². The van der Waals surface area contributed by atoms with Gasteiger partial charge in [-0.25, -0.2) is 14.3 Å². The summed E-state index contributed by atoms with van der Waals surface area (Å²) in [4.78, 5) is 16.0. The number of alkyl halides is 2. The SMILES string of the molecule is C[C@H](OC(F)F)c1c(NC(=O)OC(C)(C)C)cnc2cc(Cl)nn12. The fourth-order valence-corrected chi connectivity index (χ4v) is 2.22. The van der Waals surface area contributed by atoms with Gasteiger partial charge in [-0.2, -0.15) is 13.9 Å². The van der Waals surface area contributed by atoms with Crippen molar-refractivity contribution in [3.63, 3.8) is 0 Å². The largest absolute Gasteiger partial charge is 0.444 e. The van der Waals surface area contributed by atoms with Crippen LogP contribution in [-0.2, 0) is 9.47 Å². The molecule has 0 aliphatic rings. The molecule has 0 bridgehead atoms. The molecule has 2 aromatic heterocycles. The number of hydrogen-bond acceptors (Lipinski definition) is 5. The zero-order valence-electron chi connectivity index (χ0n) is 13.5. The number of halogens is 3. The third-order valence-electron chi connectivity index (χ3n) is 2.82. The number of amides is 1. The maximum Gasteiger partial charge on any atom is 0.412 e. The first-order valence-electron chi connectivity index (χ1n) is 7.04. The first-order chi connectivity index (χ1) is 11.1. The van der Waals surface area contributed by atoms with E-state index in [2.05, 4.69) is 20.1 Å². The van der Waals surface area contributed by atoms with Gasteiger partial charge in [-0.15, -0.1) is 0 Å². The standard InChI is InChI=1S/C14H17ClF2N4O3/c1-7(23-12(16)17)11-8(19-13(22)24-14(2,3)4)6-18-10-5-9(15)20-21(10)11/h5-7,12H,1-4H3,(H,19,22)/t7-/m0/s1. The van der Waals surface area contributed by atoms with E-state index in [1.54, 1.807) is 20.8 Å². The number of nitrogens with one attached hydrogen (secondary N) is 1. The number of carbonyl (C=O) groups is 1. The summed E-state index contributed by atoms with van der Waals surface area (Å²) < 4.78 is 36.1. The summed E-state index contributed by atoms with van der Waals surface area (Å²) in [5, 5.41) is 6.58. The summed E-state index contributed by atoms with van der Waals surface area (Å²) in [6, 6.07) is 1.46. The van der Waals surface area contributed by atoms with Crippen LogP contribution in [0.1, 0.15) is 39.5 Å². The maximum atomic E-state index is 12.6. The van der Waals surface area contributed by atoms with Crippen LogP contribution in [0.5, 0.6) is 0 Å². The number of ether oxygens (including phenoxy) is 2. The highest BCUT2D eigenvalue weighted by Gasteiger charge is 2.24. The van der Waals surface area contributed by atoms with Crippen molar-refractivity contribution < 1.29 is 23.0 Å². The third-order valence-corrected chi connectivity index (χ3v) is 3.00. The first-order valence-corrected chi connectivity index (χ1v) is 7.42. The van der Waals surface area contributed by atoms with Gasteiger partial charge in [0.2, 0.25) is 0 Å². The minimum atomic E-state index is -3.00. The van der Waals surface area contributed by atoms with Gasteiger partial charge in [0.05, 0.1) is 17.6 Å². The second-order valence-electron chi connectivity index (χ2n) is 5.96. The van der Waals surface area contributed by atoms with Gasteiger partial charge in [-0.3, -0.25) is 5.32 Å². The van der Waals surface area contributed by atoms with Crippen LogP contribution in [0.25, 0.3) is 5.65 Å². The van der Waals surface area contributed by atoms with E-state index in [1.807, 2.05) is 0 Å². The molecule has 2 rings (SSSR count). The molecular formula is C14H17ClF2N4O3. The topological polar surface area (TPSA) is 77.8 Å². The Morgan fingerprint density at radius 1 is 1.42 bits per heavy atom. The lowest BCUT2D eigenvalue weighted by Gasteiger charge is -2.21. The van der Waals surface area contributed by atoms with Crippen molar-refractivity contribution in [2.75, 3.05) is 5.32 Å². The van der Waals surface area contributed by atoms with E-state index in [1.165, 1.54) is 23.7 Å². The molecule has 2 heterocycles. The molecule has 0 radical (unpaired) electrons. The van der Waals surface area contributed by atoms with E-state index in [0.29, 0.717) is 5.65 Å². The quantitative estimate of drug-likeness (QED) is 0.888. The number of carbonyl (C=O) groups excluding carboxylic acids is 1. The Kier molecular flexibility index (Phi) is 5.24. The lowest BCUT2D eigenvalue weighted by molar-refractivity contribution is -0.160. The molecular weight excluding hydrogens is 346 g/mol. The number of hydrogen-bond donors (Lipinski definition) is 1. The first kappa shape index (κ1) is 18.3. The molecule has 7 nitrogen and oxygen atoms in total. The highest BCUT2D eigenvalue weighted by atomic mass is 35.5. The number of aromatic nitrogens is 3. The Balaban J connectivity index is 2.42. The van der Waals surface area contributed by atoms with E-state index in [9.17, 15) is 13.6 Å². The van der Waals surface area contributed by atoms with Gasteiger partial charge in [0.25, 0.3) is 0 Å². The van der Waals surface area contributed by atoms with Gasteiger partial charge in [0, 0.05) is 6.07 Å². The molecule has 0 aliphatic heterocycles. The van der Waals surface area contributed by atoms with Gasteiger partial charge >= 0.3 is 12.7 Å². The Morgan fingerprint density at radius 3 is 2.67 bits per heavy atom. The molecule has 1 atom stereocenters. The normalized spacial score (nSPS) is 13.3. The number of nitrogens with zero attached hydrogens (tertiary/aromatic N) is 3. The molecule has 0 fully saturated rings. The Labute approximate surface area is 141 Å². The molecule has 0 unspecified atom stereocenters. The minimum Gasteiger partial charge on any atom is -0.444 e. The fourth-order valence-electron chi connectivity index (χ4n) is 2.04. The molecule has 0 aromatic carbocycles. The van der Waals surface area contributed by atoms with Gasteiger partial charge in [-0.05, 0) is 27.7 Å². The van der Waals surface area contributed by atoms with Crippen molar-refractivity contribution in [2.45, 2.75) is 46.0 Å². The zero-order chi connectivity index (χ0) is 18.1. The molecule has 0 saturated heterocycles. The van der Waals surface area contributed by atoms with Gasteiger partial charge in [0.15, 0.2) is 10.8 Å². The van der Waals surface area contributed by atoms with Gasteiger partial charge in [-0.1, -0.05) is 11.6 Å². The zero-order valence-corrected chi connectivity index (χ0v) is 14.3. The maximum absolute atomic E-state index is 12.6. The molecule has 1 amide bonds. The molecule has 10 heteroatoms. The lowest BCUT2D eigenvalue weighted by atomic mass is 10.2. The number of rotatable bonds is 4. The van der Waals surface area contributed by atoms with E-state index >= 15 is 0 Å². The van der Waals surface area contributed by atoms with E-state index < -0.39 is 24.4 Å². The fraction of sp³-hybridized carbons (Fsp3) is 0.500. The number of fused-ring (bicyclic) bond motifs is 1. The summed E-state index contributed by atoms with van der Waals surface area (Å²) in [7, 11) is 0. The predicted octanol–water partition coefficient (Wildman–Crippen LogP) is 4.03. The van der Waals surface area contributed by atoms with Gasteiger partial charge < -0.3 is 9.47 Å². The molecule has 1 N–H and O–H groups in total. The van der Waals surface area contributed by atoms with Crippen molar-refractivity contribution in [1.82, 2.24) is 14.6 Å². The molecule has 0 aliphatic carbocycles. The summed E-state index contributed by atoms with van der Waals surface area (Å²) in [5.74, 6) is 0. The Morgan fingerprint density at radius 2 is 2.08 bits per heavy atom. The molecule has 132 valence electrons. The van der Waals surface area contributed by atoms with Crippen molar-refractivity contribution in [2.24, 2.45) is 0 Å². The monoisotopic (exact) mass is 362 g/mol. The van der Waals surface area contributed by atoms with E-state index in [-0.39, 0.29) is 16.5 Å². The minimum absolute atomic E-state index is 0.127. The van der Waals surface area contributed by atoms with Crippen LogP contribution in [0.2, 0.25) is 5.15 Å². The smallest absolute Gasteiger partial charge is 0.412 e. The summed E-state index contributed by atoms with van der Waals surface area (Å²) >= 11 is 5.84. The molecule has 0 spiro atoms.